The molecule has 4 rings (SSSR count). The highest BCUT2D eigenvalue weighted by Gasteiger charge is 2.39. The summed E-state index contributed by atoms with van der Waals surface area (Å²) in [5, 5.41) is 0. The Kier molecular flexibility index (Phi) is 9.32. The SMILES string of the molecule is COC(=O)C[C@H](C(=O)N1CCc2c1ccc(OCc1ccc(C3CCC3)c(C(F)(F)F)c1)c2C)N(C)C(=O)OC(C)(C)C. The summed E-state index contributed by atoms with van der Waals surface area (Å²) in [7, 11) is 2.61. The third kappa shape index (κ3) is 7.25. The lowest BCUT2D eigenvalue weighted by molar-refractivity contribution is -0.144. The van der Waals surface area contributed by atoms with Gasteiger partial charge in [0.25, 0.3) is 5.91 Å². The molecule has 0 spiro atoms. The molecule has 2 amide bonds. The summed E-state index contributed by atoms with van der Waals surface area (Å²) in [4.78, 5) is 41.3. The maximum atomic E-state index is 13.8. The molecule has 1 aliphatic carbocycles. The lowest BCUT2D eigenvalue weighted by Gasteiger charge is -2.32. The molecule has 1 aliphatic heterocycles. The number of esters is 1. The number of carbonyl (C=O) groups is 3. The molecule has 2 aromatic carbocycles. The number of anilines is 1. The second-order valence-corrected chi connectivity index (χ2v) is 12.1. The number of alkyl halides is 3. The molecule has 1 fully saturated rings. The van der Waals surface area contributed by atoms with E-state index in [-0.39, 0.29) is 18.9 Å². The van der Waals surface area contributed by atoms with Gasteiger partial charge in [0.1, 0.15) is 24.0 Å². The molecule has 0 unspecified atom stereocenters. The standard InChI is InChI=1S/C32H39F3N2O6/c1-19-22-14-15-37(29(39)26(17-28(38)41-6)36(5)30(40)43-31(2,3)4)25(22)12-13-27(19)42-18-20-10-11-23(21-8-7-9-21)24(16-20)32(33,34)35/h10-13,16,21,26H,7-9,14-15,17-18H2,1-6H3/t26-/m1/s1. The van der Waals surface area contributed by atoms with Crippen LogP contribution in [0.4, 0.5) is 23.7 Å². The van der Waals surface area contributed by atoms with Gasteiger partial charge in [0, 0.05) is 19.3 Å². The van der Waals surface area contributed by atoms with Gasteiger partial charge in [-0.3, -0.25) is 14.5 Å². The summed E-state index contributed by atoms with van der Waals surface area (Å²) in [6.07, 6.45) is -2.55. The van der Waals surface area contributed by atoms with Gasteiger partial charge in [-0.1, -0.05) is 18.6 Å². The number of hydrogen-bond acceptors (Lipinski definition) is 6. The van der Waals surface area contributed by atoms with Gasteiger partial charge in [-0.25, -0.2) is 4.79 Å². The van der Waals surface area contributed by atoms with Crippen LogP contribution in [0.25, 0.3) is 0 Å². The van der Waals surface area contributed by atoms with Gasteiger partial charge in [0.15, 0.2) is 0 Å². The van der Waals surface area contributed by atoms with Gasteiger partial charge in [-0.2, -0.15) is 13.2 Å². The van der Waals surface area contributed by atoms with Crippen molar-refractivity contribution >= 4 is 23.7 Å². The molecule has 1 atom stereocenters. The first-order valence-corrected chi connectivity index (χ1v) is 14.4. The average Bonchev–Trinajstić information content (AvgIpc) is 3.33. The van der Waals surface area contributed by atoms with Crippen LogP contribution >= 0.6 is 0 Å². The minimum absolute atomic E-state index is 0.0435. The lowest BCUT2D eigenvalue weighted by Crippen LogP contribution is -2.51. The number of halogens is 3. The zero-order valence-electron chi connectivity index (χ0n) is 25.5. The maximum absolute atomic E-state index is 13.8. The van der Waals surface area contributed by atoms with Gasteiger partial charge in [0.05, 0.1) is 19.1 Å². The van der Waals surface area contributed by atoms with Crippen molar-refractivity contribution in [3.8, 4) is 5.75 Å². The number of rotatable bonds is 8. The number of fused-ring (bicyclic) bond motifs is 1. The van der Waals surface area contributed by atoms with Gasteiger partial charge < -0.3 is 19.1 Å². The van der Waals surface area contributed by atoms with Crippen LogP contribution < -0.4 is 9.64 Å². The second-order valence-electron chi connectivity index (χ2n) is 12.1. The summed E-state index contributed by atoms with van der Waals surface area (Å²) in [6, 6.07) is 6.68. The van der Waals surface area contributed by atoms with E-state index in [1.807, 2.05) is 6.92 Å². The van der Waals surface area contributed by atoms with Crippen LogP contribution in [0.1, 0.15) is 80.2 Å². The van der Waals surface area contributed by atoms with E-state index >= 15 is 0 Å². The van der Waals surface area contributed by atoms with Crippen molar-refractivity contribution < 1.29 is 41.8 Å². The third-order valence-electron chi connectivity index (χ3n) is 8.05. The van der Waals surface area contributed by atoms with Crippen molar-refractivity contribution in [3.05, 3.63) is 58.1 Å². The smallest absolute Gasteiger partial charge is 0.416 e. The highest BCUT2D eigenvalue weighted by molar-refractivity contribution is 6.02. The molecule has 0 N–H and O–H groups in total. The average molecular weight is 605 g/mol. The van der Waals surface area contributed by atoms with Gasteiger partial charge in [-0.05, 0) is 93.3 Å². The van der Waals surface area contributed by atoms with Crippen molar-refractivity contribution in [1.29, 1.82) is 0 Å². The van der Waals surface area contributed by atoms with E-state index in [0.717, 1.165) is 35.3 Å². The monoisotopic (exact) mass is 604 g/mol. The highest BCUT2D eigenvalue weighted by Crippen LogP contribution is 2.43. The molecular formula is C32H39F3N2O6. The normalized spacial score (nSPS) is 15.8. The van der Waals surface area contributed by atoms with E-state index in [2.05, 4.69) is 0 Å². The number of ether oxygens (including phenoxy) is 3. The minimum Gasteiger partial charge on any atom is -0.489 e. The van der Waals surface area contributed by atoms with Crippen LogP contribution in [0.15, 0.2) is 30.3 Å². The largest absolute Gasteiger partial charge is 0.489 e. The molecular weight excluding hydrogens is 565 g/mol. The van der Waals surface area contributed by atoms with Crippen LogP contribution in [0.2, 0.25) is 0 Å². The van der Waals surface area contributed by atoms with Crippen LogP contribution in [0.3, 0.4) is 0 Å². The Morgan fingerprint density at radius 1 is 1.09 bits per heavy atom. The molecule has 2 aromatic rings. The van der Waals surface area contributed by atoms with Crippen molar-refractivity contribution in [3.63, 3.8) is 0 Å². The molecule has 1 saturated carbocycles. The van der Waals surface area contributed by atoms with E-state index < -0.39 is 41.4 Å². The zero-order chi connectivity index (χ0) is 31.7. The zero-order valence-corrected chi connectivity index (χ0v) is 25.5. The quantitative estimate of drug-likeness (QED) is 0.318. The van der Waals surface area contributed by atoms with E-state index in [0.29, 0.717) is 35.5 Å². The lowest BCUT2D eigenvalue weighted by atomic mass is 9.78. The maximum Gasteiger partial charge on any atom is 0.416 e. The first-order chi connectivity index (χ1) is 20.1. The van der Waals surface area contributed by atoms with E-state index in [1.54, 1.807) is 45.0 Å². The fraction of sp³-hybridized carbons (Fsp3) is 0.531. The van der Waals surface area contributed by atoms with Gasteiger partial charge in [0.2, 0.25) is 0 Å². The molecule has 0 bridgehead atoms. The molecule has 0 aromatic heterocycles. The molecule has 234 valence electrons. The summed E-state index contributed by atoms with van der Waals surface area (Å²) in [5.41, 5.74) is 1.60. The Hall–Kier alpha value is -3.76. The van der Waals surface area contributed by atoms with Gasteiger partial charge >= 0.3 is 18.2 Å². The summed E-state index contributed by atoms with van der Waals surface area (Å²) >= 11 is 0. The van der Waals surface area contributed by atoms with Crippen molar-refractivity contribution in [2.75, 3.05) is 25.6 Å². The second kappa shape index (κ2) is 12.5. The number of benzene rings is 2. The Labute approximate surface area is 250 Å². The molecule has 8 nitrogen and oxygen atoms in total. The number of likely N-dealkylation sites (N-methyl/N-ethyl adjacent to an activating group) is 1. The minimum atomic E-state index is -4.44. The number of carbonyl (C=O) groups excluding carboxylic acids is 3. The fourth-order valence-corrected chi connectivity index (χ4v) is 5.47. The van der Waals surface area contributed by atoms with Gasteiger partial charge in [-0.15, -0.1) is 0 Å². The van der Waals surface area contributed by atoms with Crippen LogP contribution in [0, 0.1) is 6.92 Å². The summed E-state index contributed by atoms with van der Waals surface area (Å²) in [6.45, 7) is 7.22. The Bertz CT molecular complexity index is 1380. The Morgan fingerprint density at radius 2 is 1.79 bits per heavy atom. The number of nitrogens with zero attached hydrogens (tertiary/aromatic N) is 2. The molecule has 0 radical (unpaired) electrons. The van der Waals surface area contributed by atoms with E-state index in [1.165, 1.54) is 25.1 Å². The van der Waals surface area contributed by atoms with Crippen molar-refractivity contribution in [2.24, 2.45) is 0 Å². The molecule has 2 aliphatic rings. The first-order valence-electron chi connectivity index (χ1n) is 14.4. The predicted molar refractivity (Wildman–Crippen MR) is 154 cm³/mol. The third-order valence-corrected chi connectivity index (χ3v) is 8.05. The van der Waals surface area contributed by atoms with Crippen LogP contribution in [-0.4, -0.2) is 55.2 Å². The summed E-state index contributed by atoms with van der Waals surface area (Å²) in [5.74, 6) is -0.659. The first kappa shape index (κ1) is 32.2. The summed E-state index contributed by atoms with van der Waals surface area (Å²) < 4.78 is 57.6. The van der Waals surface area contributed by atoms with Crippen molar-refractivity contribution in [2.45, 2.75) is 90.1 Å². The van der Waals surface area contributed by atoms with Crippen LogP contribution in [0.5, 0.6) is 5.75 Å². The number of hydrogen-bond donors (Lipinski definition) is 0. The van der Waals surface area contributed by atoms with E-state index in [4.69, 9.17) is 14.2 Å². The van der Waals surface area contributed by atoms with Crippen molar-refractivity contribution in [1.82, 2.24) is 4.90 Å². The molecule has 0 saturated heterocycles. The molecule has 1 heterocycles. The van der Waals surface area contributed by atoms with E-state index in [9.17, 15) is 27.6 Å². The highest BCUT2D eigenvalue weighted by atomic mass is 19.4. The fourth-order valence-electron chi connectivity index (χ4n) is 5.47. The topological polar surface area (TPSA) is 85.4 Å². The van der Waals surface area contributed by atoms with Crippen LogP contribution in [-0.2, 0) is 38.3 Å². The molecule has 43 heavy (non-hydrogen) atoms. The predicted octanol–water partition coefficient (Wildman–Crippen LogP) is 6.55. The number of methoxy groups -OCH3 is 1. The molecule has 11 heteroatoms. The Morgan fingerprint density at radius 3 is 2.37 bits per heavy atom. The Balaban J connectivity index is 1.52. The number of amides is 2.